The van der Waals surface area contributed by atoms with Crippen LogP contribution >= 0.6 is 15.9 Å². The molecule has 1 fully saturated rings. The summed E-state index contributed by atoms with van der Waals surface area (Å²) in [5.74, 6) is 0.379. The number of nitrogens with one attached hydrogen (secondary N) is 1. The maximum atomic E-state index is 12.3. The molecule has 0 spiro atoms. The summed E-state index contributed by atoms with van der Waals surface area (Å²) in [5, 5.41) is 4.02. The molecule has 0 saturated carbocycles. The highest BCUT2D eigenvalue weighted by Gasteiger charge is 2.42. The highest BCUT2D eigenvalue weighted by molar-refractivity contribution is 9.09. The lowest BCUT2D eigenvalue weighted by Gasteiger charge is -2.29. The van der Waals surface area contributed by atoms with Gasteiger partial charge in [0, 0.05) is 10.9 Å². The molecule has 1 heterocycles. The van der Waals surface area contributed by atoms with Gasteiger partial charge in [-0.05, 0) is 40.0 Å². The van der Waals surface area contributed by atoms with Crippen LogP contribution in [0.3, 0.4) is 0 Å². The number of alkyl halides is 1. The Morgan fingerprint density at radius 2 is 1.88 bits per heavy atom. The zero-order valence-electron chi connectivity index (χ0n) is 11.4. The number of amides is 1. The fourth-order valence-electron chi connectivity index (χ4n) is 2.43. The van der Waals surface area contributed by atoms with E-state index in [0.717, 1.165) is 11.8 Å². The third-order valence-electron chi connectivity index (χ3n) is 3.73. The predicted molar refractivity (Wildman–Crippen MR) is 73.3 cm³/mol. The van der Waals surface area contributed by atoms with E-state index in [1.165, 1.54) is 0 Å². The van der Waals surface area contributed by atoms with Crippen molar-refractivity contribution in [2.75, 3.05) is 5.33 Å². The Hall–Kier alpha value is -0.0900. The minimum absolute atomic E-state index is 0.0137. The average Bonchev–Trinajstić information content (AvgIpc) is 2.39. The number of rotatable bonds is 4. The van der Waals surface area contributed by atoms with Gasteiger partial charge in [-0.2, -0.15) is 0 Å². The second-order valence-corrected chi connectivity index (χ2v) is 6.54. The average molecular weight is 306 g/mol. The first-order valence-electron chi connectivity index (χ1n) is 6.32. The molecule has 17 heavy (non-hydrogen) atoms. The van der Waals surface area contributed by atoms with Crippen molar-refractivity contribution >= 4 is 21.8 Å². The quantitative estimate of drug-likeness (QED) is 0.811. The van der Waals surface area contributed by atoms with Gasteiger partial charge in [-0.15, -0.1) is 0 Å². The van der Waals surface area contributed by atoms with E-state index in [2.05, 4.69) is 42.0 Å². The van der Waals surface area contributed by atoms with E-state index in [4.69, 9.17) is 4.74 Å². The van der Waals surface area contributed by atoms with E-state index < -0.39 is 0 Å². The van der Waals surface area contributed by atoms with Gasteiger partial charge in [-0.3, -0.25) is 4.79 Å². The van der Waals surface area contributed by atoms with Crippen LogP contribution in [0.15, 0.2) is 0 Å². The molecule has 0 bridgehead atoms. The molecule has 4 heteroatoms. The normalized spacial score (nSPS) is 33.8. The molecule has 1 aliphatic heterocycles. The molecule has 4 unspecified atom stereocenters. The first kappa shape index (κ1) is 15.0. The van der Waals surface area contributed by atoms with Gasteiger partial charge in [0.15, 0.2) is 0 Å². The largest absolute Gasteiger partial charge is 0.374 e. The van der Waals surface area contributed by atoms with Crippen LogP contribution in [-0.4, -0.2) is 29.0 Å². The topological polar surface area (TPSA) is 38.3 Å². The number of hydrogen-bond donors (Lipinski definition) is 1. The third kappa shape index (κ3) is 3.68. The van der Waals surface area contributed by atoms with Crippen LogP contribution in [0, 0.1) is 11.8 Å². The van der Waals surface area contributed by atoms with E-state index in [9.17, 15) is 4.79 Å². The summed E-state index contributed by atoms with van der Waals surface area (Å²) in [6.45, 7) is 10.2. The van der Waals surface area contributed by atoms with Crippen LogP contribution in [0.25, 0.3) is 0 Å². The van der Waals surface area contributed by atoms with Crippen molar-refractivity contribution in [3.63, 3.8) is 0 Å². The van der Waals surface area contributed by atoms with Crippen molar-refractivity contribution in [2.24, 2.45) is 11.8 Å². The van der Waals surface area contributed by atoms with Crippen molar-refractivity contribution in [1.82, 2.24) is 5.32 Å². The Labute approximate surface area is 113 Å². The van der Waals surface area contributed by atoms with Crippen molar-refractivity contribution in [3.05, 3.63) is 0 Å². The Kier molecular flexibility index (Phi) is 5.02. The number of halogens is 1. The maximum absolute atomic E-state index is 12.3. The van der Waals surface area contributed by atoms with Crippen LogP contribution in [0.5, 0.6) is 0 Å². The molecule has 1 rings (SSSR count). The molecule has 1 aliphatic rings. The molecular formula is C13H24BrNO2. The first-order chi connectivity index (χ1) is 7.78. The van der Waals surface area contributed by atoms with Gasteiger partial charge in [0.25, 0.3) is 0 Å². The minimum Gasteiger partial charge on any atom is -0.374 e. The van der Waals surface area contributed by atoms with Crippen molar-refractivity contribution in [2.45, 2.75) is 58.8 Å². The van der Waals surface area contributed by atoms with E-state index in [-0.39, 0.29) is 35.5 Å². The molecule has 0 radical (unpaired) electrons. The van der Waals surface area contributed by atoms with E-state index in [1.807, 2.05) is 13.8 Å². The number of carbonyl (C=O) groups is 1. The lowest BCUT2D eigenvalue weighted by molar-refractivity contribution is -0.128. The fraction of sp³-hybridized carbons (Fsp3) is 0.923. The zero-order chi connectivity index (χ0) is 13.2. The second kappa shape index (κ2) is 5.70. The molecule has 0 aliphatic carbocycles. The van der Waals surface area contributed by atoms with Crippen LogP contribution in [-0.2, 0) is 9.53 Å². The monoisotopic (exact) mass is 305 g/mol. The first-order valence-corrected chi connectivity index (χ1v) is 7.44. The Morgan fingerprint density at radius 3 is 2.29 bits per heavy atom. The van der Waals surface area contributed by atoms with E-state index in [0.29, 0.717) is 0 Å². The Bertz CT molecular complexity index is 281. The summed E-state index contributed by atoms with van der Waals surface area (Å²) in [5.41, 5.74) is -0.161. The maximum Gasteiger partial charge on any atom is 0.226 e. The second-order valence-electron chi connectivity index (χ2n) is 5.74. The van der Waals surface area contributed by atoms with E-state index >= 15 is 0 Å². The summed E-state index contributed by atoms with van der Waals surface area (Å²) in [6.07, 6.45) is 1.10. The summed E-state index contributed by atoms with van der Waals surface area (Å²) in [4.78, 5) is 12.3. The zero-order valence-corrected chi connectivity index (χ0v) is 13.0. The summed E-state index contributed by atoms with van der Waals surface area (Å²) < 4.78 is 5.71. The lowest BCUT2D eigenvalue weighted by Crippen LogP contribution is -2.48. The standard InChI is InChI=1S/C13H24BrNO2/c1-8-9(2)17-10(3)11(8)12(16)15-13(4,5)6-7-14/h8-11H,6-7H2,1-5H3,(H,15,16). The van der Waals surface area contributed by atoms with Crippen LogP contribution < -0.4 is 5.32 Å². The smallest absolute Gasteiger partial charge is 0.226 e. The molecule has 0 aromatic rings. The predicted octanol–water partition coefficient (Wildman–Crippen LogP) is 2.73. The molecule has 100 valence electrons. The van der Waals surface area contributed by atoms with Crippen LogP contribution in [0.1, 0.15) is 41.0 Å². The molecular weight excluding hydrogens is 282 g/mol. The molecule has 1 N–H and O–H groups in total. The molecule has 4 atom stereocenters. The van der Waals surface area contributed by atoms with Gasteiger partial charge < -0.3 is 10.1 Å². The molecule has 1 saturated heterocycles. The van der Waals surface area contributed by atoms with Crippen LogP contribution in [0.2, 0.25) is 0 Å². The van der Waals surface area contributed by atoms with Gasteiger partial charge in [0.05, 0.1) is 18.1 Å². The van der Waals surface area contributed by atoms with Gasteiger partial charge in [-0.1, -0.05) is 22.9 Å². The molecule has 0 aromatic heterocycles. The van der Waals surface area contributed by atoms with Crippen molar-refractivity contribution < 1.29 is 9.53 Å². The van der Waals surface area contributed by atoms with Crippen molar-refractivity contribution in [3.8, 4) is 0 Å². The van der Waals surface area contributed by atoms with Crippen molar-refractivity contribution in [1.29, 1.82) is 0 Å². The molecule has 3 nitrogen and oxygen atoms in total. The number of ether oxygens (including phenoxy) is 1. The van der Waals surface area contributed by atoms with Gasteiger partial charge in [-0.25, -0.2) is 0 Å². The molecule has 0 aromatic carbocycles. The summed E-state index contributed by atoms with van der Waals surface area (Å²) >= 11 is 3.42. The Morgan fingerprint density at radius 1 is 1.29 bits per heavy atom. The fourth-order valence-corrected chi connectivity index (χ4v) is 3.43. The third-order valence-corrected chi connectivity index (χ3v) is 4.12. The van der Waals surface area contributed by atoms with E-state index in [1.54, 1.807) is 0 Å². The van der Waals surface area contributed by atoms with Gasteiger partial charge in [0.1, 0.15) is 0 Å². The lowest BCUT2D eigenvalue weighted by atomic mass is 9.87. The number of hydrogen-bond acceptors (Lipinski definition) is 2. The summed E-state index contributed by atoms with van der Waals surface area (Å²) in [6, 6.07) is 0. The minimum atomic E-state index is -0.161. The molecule has 1 amide bonds. The SMILES string of the molecule is CC1OC(C)C(C(=O)NC(C)(C)CCBr)C1C. The number of carbonyl (C=O) groups excluding carboxylic acids is 1. The van der Waals surface area contributed by atoms with Crippen LogP contribution in [0.4, 0.5) is 0 Å². The highest BCUT2D eigenvalue weighted by Crippen LogP contribution is 2.32. The van der Waals surface area contributed by atoms with Gasteiger partial charge >= 0.3 is 0 Å². The Balaban J connectivity index is 2.64. The highest BCUT2D eigenvalue weighted by atomic mass is 79.9. The summed E-state index contributed by atoms with van der Waals surface area (Å²) in [7, 11) is 0. The van der Waals surface area contributed by atoms with Gasteiger partial charge in [0.2, 0.25) is 5.91 Å².